The molecule has 0 radical (unpaired) electrons. The number of aryl methyl sites for hydroxylation is 1. The van der Waals surface area contributed by atoms with E-state index in [1.54, 1.807) is 6.26 Å². The Morgan fingerprint density at radius 2 is 1.88 bits per heavy atom. The Morgan fingerprint density at radius 1 is 1.12 bits per heavy atom. The lowest BCUT2D eigenvalue weighted by atomic mass is 10.1. The quantitative estimate of drug-likeness (QED) is 0.878. The van der Waals surface area contributed by atoms with E-state index in [1.165, 1.54) is 5.56 Å². The Kier molecular flexibility index (Phi) is 6.12. The molecule has 0 unspecified atom stereocenters. The number of amides is 2. The number of hydrogen-bond donors (Lipinski definition) is 1. The van der Waals surface area contributed by atoms with Crippen molar-refractivity contribution in [1.82, 2.24) is 15.1 Å². The SMILES string of the molecule is C[C@H](CCc1ccccc1)NC(=O)N1CCN(Cc2ccco2)CC1. The van der Waals surface area contributed by atoms with E-state index in [0.29, 0.717) is 0 Å². The van der Waals surface area contributed by atoms with Crippen molar-refractivity contribution in [2.45, 2.75) is 32.4 Å². The number of carbonyl (C=O) groups is 1. The molecule has 0 spiro atoms. The first-order chi connectivity index (χ1) is 12.2. The van der Waals surface area contributed by atoms with Crippen LogP contribution in [0.4, 0.5) is 4.79 Å². The maximum Gasteiger partial charge on any atom is 0.317 e. The van der Waals surface area contributed by atoms with Crippen LogP contribution in [0.5, 0.6) is 0 Å². The Bertz CT molecular complexity index is 634. The smallest absolute Gasteiger partial charge is 0.317 e. The summed E-state index contributed by atoms with van der Waals surface area (Å²) in [6, 6.07) is 14.5. The normalized spacial score (nSPS) is 16.6. The first kappa shape index (κ1) is 17.5. The zero-order valence-electron chi connectivity index (χ0n) is 14.9. The molecule has 1 aliphatic heterocycles. The Balaban J connectivity index is 1.37. The number of piperazine rings is 1. The lowest BCUT2D eigenvalue weighted by Crippen LogP contribution is -2.52. The topological polar surface area (TPSA) is 48.7 Å². The fourth-order valence-electron chi connectivity index (χ4n) is 3.13. The summed E-state index contributed by atoms with van der Waals surface area (Å²) >= 11 is 0. The summed E-state index contributed by atoms with van der Waals surface area (Å²) in [5, 5.41) is 3.13. The van der Waals surface area contributed by atoms with E-state index in [-0.39, 0.29) is 12.1 Å². The van der Waals surface area contributed by atoms with Gasteiger partial charge in [0.15, 0.2) is 0 Å². The van der Waals surface area contributed by atoms with Crippen molar-refractivity contribution < 1.29 is 9.21 Å². The van der Waals surface area contributed by atoms with Gasteiger partial charge in [0.05, 0.1) is 12.8 Å². The van der Waals surface area contributed by atoms with Crippen LogP contribution in [0.3, 0.4) is 0 Å². The maximum atomic E-state index is 12.4. The highest BCUT2D eigenvalue weighted by atomic mass is 16.3. The van der Waals surface area contributed by atoms with Crippen LogP contribution in [-0.4, -0.2) is 48.1 Å². The molecule has 0 aliphatic carbocycles. The minimum atomic E-state index is 0.0539. The molecule has 5 heteroatoms. The van der Waals surface area contributed by atoms with Crippen molar-refractivity contribution in [3.63, 3.8) is 0 Å². The largest absolute Gasteiger partial charge is 0.468 e. The van der Waals surface area contributed by atoms with Crippen LogP contribution >= 0.6 is 0 Å². The van der Waals surface area contributed by atoms with Crippen LogP contribution in [0.2, 0.25) is 0 Å². The van der Waals surface area contributed by atoms with Crippen LogP contribution in [0, 0.1) is 0 Å². The van der Waals surface area contributed by atoms with Crippen molar-refractivity contribution in [3.8, 4) is 0 Å². The molecule has 25 heavy (non-hydrogen) atoms. The van der Waals surface area contributed by atoms with E-state index in [9.17, 15) is 4.79 Å². The molecule has 1 fully saturated rings. The highest BCUT2D eigenvalue weighted by molar-refractivity contribution is 5.74. The highest BCUT2D eigenvalue weighted by Crippen LogP contribution is 2.10. The van der Waals surface area contributed by atoms with Gasteiger partial charge in [0.25, 0.3) is 0 Å². The molecule has 1 aromatic heterocycles. The second kappa shape index (κ2) is 8.72. The third kappa shape index (κ3) is 5.36. The molecule has 0 saturated carbocycles. The number of carbonyl (C=O) groups excluding carboxylic acids is 1. The molecule has 1 saturated heterocycles. The predicted octanol–water partition coefficient (Wildman–Crippen LogP) is 3.13. The third-order valence-corrected chi connectivity index (χ3v) is 4.70. The van der Waals surface area contributed by atoms with E-state index in [1.807, 2.05) is 23.1 Å². The summed E-state index contributed by atoms with van der Waals surface area (Å²) in [4.78, 5) is 16.7. The zero-order chi connectivity index (χ0) is 17.5. The summed E-state index contributed by atoms with van der Waals surface area (Å²) < 4.78 is 5.39. The van der Waals surface area contributed by atoms with Crippen molar-refractivity contribution in [2.75, 3.05) is 26.2 Å². The van der Waals surface area contributed by atoms with Crippen LogP contribution in [0.15, 0.2) is 53.1 Å². The molecule has 2 aromatic rings. The fourth-order valence-corrected chi connectivity index (χ4v) is 3.13. The zero-order valence-corrected chi connectivity index (χ0v) is 14.9. The molecule has 1 aliphatic rings. The minimum absolute atomic E-state index is 0.0539. The van der Waals surface area contributed by atoms with Gasteiger partial charge in [-0.25, -0.2) is 4.79 Å². The van der Waals surface area contributed by atoms with E-state index >= 15 is 0 Å². The lowest BCUT2D eigenvalue weighted by molar-refractivity contribution is 0.128. The number of nitrogens with zero attached hydrogens (tertiary/aromatic N) is 2. The number of nitrogens with one attached hydrogen (secondary N) is 1. The molecule has 1 atom stereocenters. The predicted molar refractivity (Wildman–Crippen MR) is 98.3 cm³/mol. The number of urea groups is 1. The molecular weight excluding hydrogens is 314 g/mol. The first-order valence-corrected chi connectivity index (χ1v) is 9.05. The van der Waals surface area contributed by atoms with Crippen LogP contribution in [0.25, 0.3) is 0 Å². The molecule has 2 heterocycles. The van der Waals surface area contributed by atoms with Gasteiger partial charge in [-0.05, 0) is 37.5 Å². The molecular formula is C20H27N3O2. The number of hydrogen-bond acceptors (Lipinski definition) is 3. The van der Waals surface area contributed by atoms with Crippen LogP contribution < -0.4 is 5.32 Å². The van der Waals surface area contributed by atoms with Gasteiger partial charge in [0, 0.05) is 32.2 Å². The average Bonchev–Trinajstić information content (AvgIpc) is 3.14. The Hall–Kier alpha value is -2.27. The van der Waals surface area contributed by atoms with Gasteiger partial charge in [0.1, 0.15) is 5.76 Å². The third-order valence-electron chi connectivity index (χ3n) is 4.70. The standard InChI is InChI=1S/C20H27N3O2/c1-17(9-10-18-6-3-2-4-7-18)21-20(24)23-13-11-22(12-14-23)16-19-8-5-15-25-19/h2-8,15,17H,9-14,16H2,1H3,(H,21,24)/t17-/m1/s1. The van der Waals surface area contributed by atoms with E-state index < -0.39 is 0 Å². The number of rotatable bonds is 6. The molecule has 1 N–H and O–H groups in total. The Morgan fingerprint density at radius 3 is 2.56 bits per heavy atom. The van der Waals surface area contributed by atoms with E-state index in [2.05, 4.69) is 41.4 Å². The van der Waals surface area contributed by atoms with Gasteiger partial charge in [-0.1, -0.05) is 30.3 Å². The summed E-state index contributed by atoms with van der Waals surface area (Å²) in [7, 11) is 0. The van der Waals surface area contributed by atoms with Crippen molar-refractivity contribution in [2.24, 2.45) is 0 Å². The fraction of sp³-hybridized carbons (Fsp3) is 0.450. The molecule has 0 bridgehead atoms. The second-order valence-corrected chi connectivity index (χ2v) is 6.72. The monoisotopic (exact) mass is 341 g/mol. The number of benzene rings is 1. The number of furan rings is 1. The van der Waals surface area contributed by atoms with Gasteiger partial charge in [-0.3, -0.25) is 4.90 Å². The van der Waals surface area contributed by atoms with Crippen LogP contribution in [-0.2, 0) is 13.0 Å². The van der Waals surface area contributed by atoms with Gasteiger partial charge < -0.3 is 14.6 Å². The van der Waals surface area contributed by atoms with Crippen LogP contribution in [0.1, 0.15) is 24.7 Å². The molecule has 2 amide bonds. The average molecular weight is 341 g/mol. The molecule has 5 nitrogen and oxygen atoms in total. The summed E-state index contributed by atoms with van der Waals surface area (Å²) in [6.07, 6.45) is 3.64. The van der Waals surface area contributed by atoms with Crippen molar-refractivity contribution in [1.29, 1.82) is 0 Å². The van der Waals surface area contributed by atoms with Gasteiger partial charge in [0.2, 0.25) is 0 Å². The molecule has 1 aromatic carbocycles. The summed E-state index contributed by atoms with van der Waals surface area (Å²) in [5.41, 5.74) is 1.31. The van der Waals surface area contributed by atoms with Crippen molar-refractivity contribution >= 4 is 6.03 Å². The van der Waals surface area contributed by atoms with E-state index in [4.69, 9.17) is 4.42 Å². The van der Waals surface area contributed by atoms with Gasteiger partial charge in [-0.15, -0.1) is 0 Å². The molecule has 3 rings (SSSR count). The summed E-state index contributed by atoms with van der Waals surface area (Å²) in [5.74, 6) is 0.979. The second-order valence-electron chi connectivity index (χ2n) is 6.72. The minimum Gasteiger partial charge on any atom is -0.468 e. The van der Waals surface area contributed by atoms with E-state index in [0.717, 1.165) is 51.3 Å². The van der Waals surface area contributed by atoms with Crippen molar-refractivity contribution in [3.05, 3.63) is 60.1 Å². The van der Waals surface area contributed by atoms with Gasteiger partial charge >= 0.3 is 6.03 Å². The lowest BCUT2D eigenvalue weighted by Gasteiger charge is -2.34. The molecule has 134 valence electrons. The highest BCUT2D eigenvalue weighted by Gasteiger charge is 2.22. The Labute approximate surface area is 149 Å². The first-order valence-electron chi connectivity index (χ1n) is 9.05. The van der Waals surface area contributed by atoms with Gasteiger partial charge in [-0.2, -0.15) is 0 Å². The summed E-state index contributed by atoms with van der Waals surface area (Å²) in [6.45, 7) is 6.18. The maximum absolute atomic E-state index is 12.4.